The fraction of sp³-hybridized carbons (Fsp3) is 0.583. The average Bonchev–Trinajstić information content (AvgIpc) is 3.27. The van der Waals surface area contributed by atoms with Crippen LogP contribution in [-0.2, 0) is 22.9 Å². The van der Waals surface area contributed by atoms with Gasteiger partial charge in [0.15, 0.2) is 0 Å². The van der Waals surface area contributed by atoms with Crippen LogP contribution in [0.4, 0.5) is 0 Å². The first-order chi connectivity index (χ1) is 14.4. The molecule has 1 aliphatic carbocycles. The average molecular weight is 430 g/mol. The van der Waals surface area contributed by atoms with Crippen LogP contribution in [0.25, 0.3) is 11.3 Å². The first-order valence-corrected chi connectivity index (χ1v) is 13.2. The first kappa shape index (κ1) is 21.6. The Labute approximate surface area is 181 Å². The number of nitrogens with zero attached hydrogens (tertiary/aromatic N) is 2. The van der Waals surface area contributed by atoms with Gasteiger partial charge in [0, 0.05) is 37.6 Å². The molecule has 2 aliphatic rings. The van der Waals surface area contributed by atoms with E-state index < -0.39 is 10.0 Å². The van der Waals surface area contributed by atoms with Crippen molar-refractivity contribution in [3.8, 4) is 11.3 Å². The van der Waals surface area contributed by atoms with Gasteiger partial charge in [-0.05, 0) is 85.9 Å². The molecule has 2 heterocycles. The molecule has 0 bridgehead atoms. The zero-order valence-electron chi connectivity index (χ0n) is 18.3. The Morgan fingerprint density at radius 3 is 2.60 bits per heavy atom. The lowest BCUT2D eigenvalue weighted by molar-refractivity contribution is 0.129. The minimum Gasteiger partial charge on any atom is -0.361 e. The zero-order valence-corrected chi connectivity index (χ0v) is 19.1. The molecule has 1 unspecified atom stereocenters. The summed E-state index contributed by atoms with van der Waals surface area (Å²) in [6.07, 6.45) is 9.92. The Hall–Kier alpha value is -1.63. The molecule has 6 heteroatoms. The molecule has 1 aliphatic heterocycles. The number of nitrogens with one attached hydrogen (secondary N) is 1. The van der Waals surface area contributed by atoms with E-state index >= 15 is 0 Å². The second kappa shape index (κ2) is 9.25. The summed E-state index contributed by atoms with van der Waals surface area (Å²) in [5, 5.41) is 0. The maximum atomic E-state index is 11.8. The van der Waals surface area contributed by atoms with Gasteiger partial charge < -0.3 is 4.98 Å². The van der Waals surface area contributed by atoms with E-state index in [0.717, 1.165) is 45.2 Å². The van der Waals surface area contributed by atoms with Crippen LogP contribution in [0.15, 0.2) is 36.5 Å². The molecule has 164 valence electrons. The van der Waals surface area contributed by atoms with Crippen molar-refractivity contribution >= 4 is 10.0 Å². The topological polar surface area (TPSA) is 56.4 Å². The van der Waals surface area contributed by atoms with Crippen molar-refractivity contribution < 1.29 is 8.42 Å². The number of aryl methyl sites for hydroxylation is 1. The molecule has 0 saturated carbocycles. The lowest BCUT2D eigenvalue weighted by Gasteiger charge is -2.39. The Morgan fingerprint density at radius 2 is 1.93 bits per heavy atom. The quantitative estimate of drug-likeness (QED) is 0.726. The Balaban J connectivity index is 1.42. The third-order valence-corrected chi connectivity index (χ3v) is 8.18. The molecule has 1 aromatic heterocycles. The predicted molar refractivity (Wildman–Crippen MR) is 123 cm³/mol. The van der Waals surface area contributed by atoms with E-state index in [1.54, 1.807) is 4.31 Å². The van der Waals surface area contributed by atoms with E-state index in [1.807, 2.05) is 6.20 Å². The van der Waals surface area contributed by atoms with Crippen LogP contribution in [0.5, 0.6) is 0 Å². The molecular formula is C24H35N3O2S. The number of rotatable bonds is 7. The lowest BCUT2D eigenvalue weighted by Crippen LogP contribution is -2.45. The van der Waals surface area contributed by atoms with Crippen molar-refractivity contribution in [3.63, 3.8) is 0 Å². The van der Waals surface area contributed by atoms with Crippen LogP contribution in [-0.4, -0.2) is 61.1 Å². The van der Waals surface area contributed by atoms with Gasteiger partial charge in [-0.2, -0.15) is 0 Å². The predicted octanol–water partition coefficient (Wildman–Crippen LogP) is 3.92. The van der Waals surface area contributed by atoms with Crippen LogP contribution in [0.2, 0.25) is 0 Å². The van der Waals surface area contributed by atoms with Gasteiger partial charge in [-0.3, -0.25) is 4.90 Å². The van der Waals surface area contributed by atoms with E-state index in [-0.39, 0.29) is 0 Å². The first-order valence-electron chi connectivity index (χ1n) is 11.4. The molecule has 4 rings (SSSR count). The number of hydrogen-bond acceptors (Lipinski definition) is 3. The minimum atomic E-state index is -3.05. The number of aromatic amines is 1. The fourth-order valence-corrected chi connectivity index (χ4v) is 6.07. The van der Waals surface area contributed by atoms with Crippen LogP contribution in [0.1, 0.15) is 43.7 Å². The maximum Gasteiger partial charge on any atom is 0.211 e. The highest BCUT2D eigenvalue weighted by atomic mass is 32.2. The summed E-state index contributed by atoms with van der Waals surface area (Å²) in [6, 6.07) is 11.7. The number of piperidine rings is 1. The SMILES string of the molecule is CCCN(CC1CCN(S(C)(=O)=O)CC1)C1CCc2ccc(-c3ccc[nH]3)cc2C1. The molecule has 1 N–H and O–H groups in total. The highest BCUT2D eigenvalue weighted by molar-refractivity contribution is 7.88. The van der Waals surface area contributed by atoms with E-state index in [9.17, 15) is 8.42 Å². The summed E-state index contributed by atoms with van der Waals surface area (Å²) in [5.41, 5.74) is 5.45. The van der Waals surface area contributed by atoms with E-state index in [2.05, 4.69) is 47.1 Å². The van der Waals surface area contributed by atoms with Crippen molar-refractivity contribution in [2.45, 2.75) is 51.5 Å². The number of aromatic nitrogens is 1. The van der Waals surface area contributed by atoms with Crippen molar-refractivity contribution in [1.29, 1.82) is 0 Å². The van der Waals surface area contributed by atoms with Gasteiger partial charge >= 0.3 is 0 Å². The van der Waals surface area contributed by atoms with E-state index in [4.69, 9.17) is 0 Å². The van der Waals surface area contributed by atoms with Gasteiger partial charge in [-0.1, -0.05) is 19.1 Å². The van der Waals surface area contributed by atoms with Crippen LogP contribution in [0, 0.1) is 5.92 Å². The molecule has 30 heavy (non-hydrogen) atoms. The molecule has 1 saturated heterocycles. The molecular weight excluding hydrogens is 394 g/mol. The fourth-order valence-electron chi connectivity index (χ4n) is 5.19. The van der Waals surface area contributed by atoms with Crippen LogP contribution < -0.4 is 0 Å². The molecule has 1 atom stereocenters. The summed E-state index contributed by atoms with van der Waals surface area (Å²) in [5.74, 6) is 0.598. The monoisotopic (exact) mass is 429 g/mol. The van der Waals surface area contributed by atoms with Gasteiger partial charge in [-0.15, -0.1) is 0 Å². The Morgan fingerprint density at radius 1 is 1.13 bits per heavy atom. The molecule has 1 fully saturated rings. The third kappa shape index (κ3) is 4.98. The summed E-state index contributed by atoms with van der Waals surface area (Å²) in [4.78, 5) is 6.03. The zero-order chi connectivity index (χ0) is 21.1. The Kier molecular flexibility index (Phi) is 6.66. The minimum absolute atomic E-state index is 0.587. The van der Waals surface area contributed by atoms with E-state index in [1.165, 1.54) is 35.1 Å². The van der Waals surface area contributed by atoms with Gasteiger partial charge in [0.25, 0.3) is 0 Å². The number of fused-ring (bicyclic) bond motifs is 1. The van der Waals surface area contributed by atoms with Crippen molar-refractivity contribution in [3.05, 3.63) is 47.7 Å². The molecule has 5 nitrogen and oxygen atoms in total. The second-order valence-electron chi connectivity index (χ2n) is 9.06. The van der Waals surface area contributed by atoms with Gasteiger partial charge in [0.05, 0.1) is 6.26 Å². The van der Waals surface area contributed by atoms with Crippen LogP contribution >= 0.6 is 0 Å². The van der Waals surface area contributed by atoms with Crippen LogP contribution in [0.3, 0.4) is 0 Å². The van der Waals surface area contributed by atoms with E-state index in [0.29, 0.717) is 25.0 Å². The number of sulfonamides is 1. The molecule has 2 aromatic rings. The lowest BCUT2D eigenvalue weighted by atomic mass is 9.85. The largest absolute Gasteiger partial charge is 0.361 e. The summed E-state index contributed by atoms with van der Waals surface area (Å²) >= 11 is 0. The summed E-state index contributed by atoms with van der Waals surface area (Å²) in [7, 11) is -3.05. The number of benzene rings is 1. The van der Waals surface area contributed by atoms with Crippen molar-refractivity contribution in [1.82, 2.24) is 14.2 Å². The Bertz CT molecular complexity index is 931. The second-order valence-corrected chi connectivity index (χ2v) is 11.0. The maximum absolute atomic E-state index is 11.8. The number of H-pyrrole nitrogens is 1. The molecule has 0 radical (unpaired) electrons. The smallest absolute Gasteiger partial charge is 0.211 e. The molecule has 0 spiro atoms. The number of hydrogen-bond donors (Lipinski definition) is 1. The highest BCUT2D eigenvalue weighted by Gasteiger charge is 2.29. The van der Waals surface area contributed by atoms with Crippen molar-refractivity contribution in [2.24, 2.45) is 5.92 Å². The third-order valence-electron chi connectivity index (χ3n) is 6.88. The van der Waals surface area contributed by atoms with Gasteiger partial charge in [-0.25, -0.2) is 12.7 Å². The normalized spacial score (nSPS) is 21.1. The molecule has 1 aromatic carbocycles. The highest BCUT2D eigenvalue weighted by Crippen LogP contribution is 2.30. The standard InChI is InChI=1S/C24H35N3O2S/c1-3-13-26(18-19-10-14-27(15-11-19)30(2,28)29)23-9-8-20-6-7-21(16-22(20)17-23)24-5-4-12-25-24/h4-7,12,16,19,23,25H,3,8-11,13-15,17-18H2,1-2H3. The van der Waals surface area contributed by atoms with Gasteiger partial charge in [0.2, 0.25) is 10.0 Å². The molecule has 0 amide bonds. The van der Waals surface area contributed by atoms with Crippen molar-refractivity contribution in [2.75, 3.05) is 32.4 Å². The summed E-state index contributed by atoms with van der Waals surface area (Å²) in [6.45, 7) is 5.84. The summed E-state index contributed by atoms with van der Waals surface area (Å²) < 4.78 is 25.3. The van der Waals surface area contributed by atoms with Gasteiger partial charge in [0.1, 0.15) is 0 Å².